The fourth-order valence-corrected chi connectivity index (χ4v) is 4.50. The standard InChI is InChI=1S/C19H28N5O3S/c1-12(2)15-20-16-14(18(26)23(4)19(27)22(16)3)17(21-15)28-11-13(25)24-9-7-5-6-8-10-24/h12,14H,5-11H2,1-4H3/q+1. The molecule has 0 saturated carbocycles. The Morgan fingerprint density at radius 1 is 1.18 bits per heavy atom. The van der Waals surface area contributed by atoms with Crippen molar-refractivity contribution in [2.24, 2.45) is 21.8 Å². The first-order valence-corrected chi connectivity index (χ1v) is 10.8. The molecule has 1 unspecified atom stereocenters. The van der Waals surface area contributed by atoms with Crippen LogP contribution in [0, 0.1) is 11.8 Å². The van der Waals surface area contributed by atoms with Crippen molar-refractivity contribution in [3.63, 3.8) is 0 Å². The maximum absolute atomic E-state index is 12.8. The number of fused-ring (bicyclic) bond motifs is 1. The highest BCUT2D eigenvalue weighted by Gasteiger charge is 2.49. The van der Waals surface area contributed by atoms with E-state index in [1.807, 2.05) is 18.7 Å². The summed E-state index contributed by atoms with van der Waals surface area (Å²) in [4.78, 5) is 49.9. The minimum atomic E-state index is -0.725. The largest absolute Gasteiger partial charge is 0.445 e. The third kappa shape index (κ3) is 4.04. The van der Waals surface area contributed by atoms with E-state index >= 15 is 0 Å². The molecule has 8 nitrogen and oxygen atoms in total. The van der Waals surface area contributed by atoms with Crippen molar-refractivity contribution >= 4 is 46.3 Å². The van der Waals surface area contributed by atoms with Crippen molar-refractivity contribution in [3.05, 3.63) is 0 Å². The number of thioether (sulfide) groups is 1. The molecule has 1 fully saturated rings. The average Bonchev–Trinajstić information content (AvgIpc) is 2.97. The Kier molecular flexibility index (Phi) is 6.32. The van der Waals surface area contributed by atoms with E-state index in [0.717, 1.165) is 30.8 Å². The number of nitrogens with zero attached hydrogens (tertiary/aromatic N) is 5. The highest BCUT2D eigenvalue weighted by molar-refractivity contribution is 8.14. The fraction of sp³-hybridized carbons (Fsp3) is 0.684. The number of carbonyl (C=O) groups is 3. The molecule has 152 valence electrons. The van der Waals surface area contributed by atoms with Crippen molar-refractivity contribution in [1.82, 2.24) is 9.80 Å². The molecule has 0 aromatic heterocycles. The first-order valence-electron chi connectivity index (χ1n) is 9.81. The van der Waals surface area contributed by atoms with Crippen LogP contribution in [0.25, 0.3) is 0 Å². The summed E-state index contributed by atoms with van der Waals surface area (Å²) in [5, 5.41) is 0.549. The second-order valence-electron chi connectivity index (χ2n) is 7.69. The molecule has 1 saturated heterocycles. The molecule has 4 amide bonds. The van der Waals surface area contributed by atoms with Crippen molar-refractivity contribution < 1.29 is 19.0 Å². The summed E-state index contributed by atoms with van der Waals surface area (Å²) in [6, 6.07) is -0.407. The summed E-state index contributed by atoms with van der Waals surface area (Å²) < 4.78 is 1.40. The van der Waals surface area contributed by atoms with E-state index in [9.17, 15) is 14.4 Å². The molecule has 3 heterocycles. The summed E-state index contributed by atoms with van der Waals surface area (Å²) in [5.41, 5.74) is 0. The molecule has 0 radical (unpaired) electrons. The summed E-state index contributed by atoms with van der Waals surface area (Å²) in [7, 11) is 3.08. The minimum Gasteiger partial charge on any atom is -0.342 e. The SMILES string of the molecule is CC(C)C1=NC2=[N+](C)C(=O)N(C)C(=O)C2C(SCC(=O)N2CCCCCC2)=N1. The maximum atomic E-state index is 12.8. The van der Waals surface area contributed by atoms with E-state index in [-0.39, 0.29) is 23.5 Å². The Morgan fingerprint density at radius 2 is 1.82 bits per heavy atom. The summed E-state index contributed by atoms with van der Waals surface area (Å²) in [6.45, 7) is 5.52. The number of likely N-dealkylation sites (tertiary alicyclic amines) is 1. The van der Waals surface area contributed by atoms with E-state index < -0.39 is 11.9 Å². The zero-order valence-corrected chi connectivity index (χ0v) is 17.8. The van der Waals surface area contributed by atoms with Crippen molar-refractivity contribution in [2.75, 3.05) is 32.9 Å². The van der Waals surface area contributed by atoms with Gasteiger partial charge in [0, 0.05) is 19.0 Å². The minimum absolute atomic E-state index is 0.0450. The van der Waals surface area contributed by atoms with Gasteiger partial charge in [-0.2, -0.15) is 9.48 Å². The van der Waals surface area contributed by atoms with Crippen LogP contribution in [0.3, 0.4) is 0 Å². The van der Waals surface area contributed by atoms with Crippen molar-refractivity contribution in [2.45, 2.75) is 39.5 Å². The molecule has 0 aromatic rings. The molecule has 9 heteroatoms. The van der Waals surface area contributed by atoms with Gasteiger partial charge in [0.25, 0.3) is 5.84 Å². The zero-order valence-electron chi connectivity index (χ0n) is 17.0. The van der Waals surface area contributed by atoms with Gasteiger partial charge in [-0.15, -0.1) is 0 Å². The molecular formula is C19H28N5O3S+. The second-order valence-corrected chi connectivity index (χ2v) is 8.68. The quantitative estimate of drug-likeness (QED) is 0.670. The number of hydrogen-bond donors (Lipinski definition) is 0. The number of hydrogen-bond acceptors (Lipinski definition) is 6. The predicted molar refractivity (Wildman–Crippen MR) is 110 cm³/mol. The molecule has 1 atom stereocenters. The van der Waals surface area contributed by atoms with E-state index in [4.69, 9.17) is 0 Å². The van der Waals surface area contributed by atoms with Crippen LogP contribution < -0.4 is 0 Å². The highest BCUT2D eigenvalue weighted by Crippen LogP contribution is 2.27. The third-order valence-electron chi connectivity index (χ3n) is 5.27. The number of amidine groups is 2. The van der Waals surface area contributed by atoms with E-state index in [2.05, 4.69) is 9.98 Å². The lowest BCUT2D eigenvalue weighted by Gasteiger charge is -2.27. The van der Waals surface area contributed by atoms with Gasteiger partial charge in [0.1, 0.15) is 5.04 Å². The first-order chi connectivity index (χ1) is 13.3. The molecule has 3 rings (SSSR count). The molecule has 28 heavy (non-hydrogen) atoms. The van der Waals surface area contributed by atoms with Gasteiger partial charge in [-0.25, -0.2) is 9.79 Å². The third-order valence-corrected chi connectivity index (χ3v) is 6.29. The van der Waals surface area contributed by atoms with E-state index in [1.54, 1.807) is 7.05 Å². The van der Waals surface area contributed by atoms with Crippen LogP contribution >= 0.6 is 11.8 Å². The van der Waals surface area contributed by atoms with Gasteiger partial charge in [0.15, 0.2) is 5.92 Å². The Labute approximate surface area is 169 Å². The van der Waals surface area contributed by atoms with Gasteiger partial charge < -0.3 is 4.90 Å². The molecule has 0 bridgehead atoms. The van der Waals surface area contributed by atoms with Crippen LogP contribution in [0.15, 0.2) is 9.98 Å². The normalized spacial score (nSPS) is 23.5. The average molecular weight is 407 g/mol. The summed E-state index contributed by atoms with van der Waals surface area (Å²) in [6.07, 6.45) is 4.41. The van der Waals surface area contributed by atoms with Gasteiger partial charge in [-0.3, -0.25) is 9.59 Å². The number of imide groups is 1. The van der Waals surface area contributed by atoms with Gasteiger partial charge in [-0.1, -0.05) is 43.4 Å². The van der Waals surface area contributed by atoms with Crippen molar-refractivity contribution in [3.8, 4) is 0 Å². The molecule has 0 aliphatic carbocycles. The van der Waals surface area contributed by atoms with Crippen LogP contribution in [-0.4, -0.2) is 81.9 Å². The number of aliphatic imine (C=N–C) groups is 2. The smallest absolute Gasteiger partial charge is 0.342 e. The first kappa shape index (κ1) is 20.7. The Balaban J connectivity index is 1.84. The lowest BCUT2D eigenvalue weighted by Crippen LogP contribution is -2.55. The Hall–Kier alpha value is -2.03. The van der Waals surface area contributed by atoms with Crippen LogP contribution in [0.5, 0.6) is 0 Å². The second kappa shape index (κ2) is 8.55. The number of urea groups is 1. The summed E-state index contributed by atoms with van der Waals surface area (Å²) >= 11 is 1.29. The monoisotopic (exact) mass is 406 g/mol. The van der Waals surface area contributed by atoms with Crippen LogP contribution in [0.2, 0.25) is 0 Å². The topological polar surface area (TPSA) is 85.4 Å². The molecule has 0 N–H and O–H groups in total. The van der Waals surface area contributed by atoms with Gasteiger partial charge in [0.2, 0.25) is 11.7 Å². The number of rotatable bonds is 3. The van der Waals surface area contributed by atoms with E-state index in [1.165, 1.54) is 36.2 Å². The van der Waals surface area contributed by atoms with Gasteiger partial charge >= 0.3 is 11.9 Å². The van der Waals surface area contributed by atoms with Crippen LogP contribution in [-0.2, 0) is 9.59 Å². The fourth-order valence-electron chi connectivity index (χ4n) is 3.51. The van der Waals surface area contributed by atoms with Gasteiger partial charge in [-0.05, 0) is 12.8 Å². The molecule has 0 aromatic carbocycles. The molecule has 0 spiro atoms. The maximum Gasteiger partial charge on any atom is 0.445 e. The number of carbonyl (C=O) groups excluding carboxylic acids is 3. The lowest BCUT2D eigenvalue weighted by molar-refractivity contribution is -0.407. The lowest BCUT2D eigenvalue weighted by atomic mass is 10.0. The predicted octanol–water partition coefficient (Wildman–Crippen LogP) is 1.84. The van der Waals surface area contributed by atoms with Crippen LogP contribution in [0.4, 0.5) is 4.79 Å². The highest BCUT2D eigenvalue weighted by atomic mass is 32.2. The van der Waals surface area contributed by atoms with Gasteiger partial charge in [0.05, 0.1) is 19.8 Å². The zero-order chi connectivity index (χ0) is 20.4. The molecule has 3 aliphatic heterocycles. The molecular weight excluding hydrogens is 378 g/mol. The van der Waals surface area contributed by atoms with Crippen molar-refractivity contribution in [1.29, 1.82) is 0 Å². The van der Waals surface area contributed by atoms with E-state index in [0.29, 0.717) is 16.7 Å². The summed E-state index contributed by atoms with van der Waals surface area (Å²) in [5.74, 6) is 0.261. The van der Waals surface area contributed by atoms with Crippen LogP contribution in [0.1, 0.15) is 39.5 Å². The number of amides is 4. The molecule has 3 aliphatic rings. The Morgan fingerprint density at radius 3 is 2.43 bits per heavy atom. The Bertz CT molecular complexity index is 778.